The molecule has 0 aromatic heterocycles. The molecule has 0 saturated heterocycles. The van der Waals surface area contributed by atoms with Gasteiger partial charge in [0, 0.05) is 5.57 Å². The summed E-state index contributed by atoms with van der Waals surface area (Å²) in [4.78, 5) is 12.2. The first kappa shape index (κ1) is 23.4. The number of carbonyl (C=O) groups is 1. The largest absolute Gasteiger partial charge is 0.516 e. The van der Waals surface area contributed by atoms with E-state index in [1.165, 1.54) is 51.4 Å². The third kappa shape index (κ3) is 9.66. The van der Waals surface area contributed by atoms with Gasteiger partial charge in [-0.25, -0.2) is 4.79 Å². The molecule has 0 spiro atoms. The van der Waals surface area contributed by atoms with Gasteiger partial charge in [0.25, 0.3) is 8.32 Å². The van der Waals surface area contributed by atoms with Gasteiger partial charge in [-0.1, -0.05) is 85.6 Å². The molecule has 142 valence electrons. The third-order valence-corrected chi connectivity index (χ3v) is 8.78. The fourth-order valence-corrected chi connectivity index (χ4v) is 7.97. The van der Waals surface area contributed by atoms with E-state index in [9.17, 15) is 4.79 Å². The van der Waals surface area contributed by atoms with Crippen molar-refractivity contribution in [2.75, 3.05) is 0 Å². The fraction of sp³-hybridized carbons (Fsp3) is 0.857. The third-order valence-electron chi connectivity index (χ3n) is 5.22. The highest BCUT2D eigenvalue weighted by molar-refractivity contribution is 6.74. The molecule has 2 unspecified atom stereocenters. The summed E-state index contributed by atoms with van der Waals surface area (Å²) < 4.78 is 6.12. The molecule has 0 aromatic carbocycles. The number of rotatable bonds is 14. The summed E-state index contributed by atoms with van der Waals surface area (Å²) >= 11 is 0. The van der Waals surface area contributed by atoms with Crippen molar-refractivity contribution >= 4 is 14.3 Å². The predicted octanol–water partition coefficient (Wildman–Crippen LogP) is 7.11. The summed E-state index contributed by atoms with van der Waals surface area (Å²) in [6, 6.07) is 2.23. The van der Waals surface area contributed by atoms with E-state index < -0.39 is 8.32 Å². The summed E-state index contributed by atoms with van der Waals surface area (Å²) in [6.07, 6.45) is 9.98. The molecule has 0 aliphatic rings. The molecular weight excluding hydrogens is 312 g/mol. The molecule has 0 fully saturated rings. The Labute approximate surface area is 152 Å². The summed E-state index contributed by atoms with van der Waals surface area (Å²) in [5.41, 5.74) is 0.539. The lowest BCUT2D eigenvalue weighted by Crippen LogP contribution is -2.41. The van der Waals surface area contributed by atoms with E-state index in [4.69, 9.17) is 4.43 Å². The molecule has 0 rings (SSSR count). The maximum Gasteiger partial charge on any atom is 0.319 e. The molecule has 0 aliphatic carbocycles. The number of carbonyl (C=O) groups excluding carboxylic acids is 1. The molecule has 0 bridgehead atoms. The first-order chi connectivity index (χ1) is 11.3. The Morgan fingerprint density at radius 3 is 1.67 bits per heavy atom. The van der Waals surface area contributed by atoms with Crippen LogP contribution in [-0.4, -0.2) is 14.3 Å². The van der Waals surface area contributed by atoms with Crippen LogP contribution in [0.1, 0.15) is 86.0 Å². The van der Waals surface area contributed by atoms with Gasteiger partial charge in [0.1, 0.15) is 0 Å². The number of hydrogen-bond acceptors (Lipinski definition) is 2. The Hall–Kier alpha value is -0.573. The van der Waals surface area contributed by atoms with Crippen molar-refractivity contribution < 1.29 is 9.22 Å². The minimum Gasteiger partial charge on any atom is -0.516 e. The molecule has 0 amide bonds. The van der Waals surface area contributed by atoms with Crippen molar-refractivity contribution in [3.8, 4) is 0 Å². The van der Waals surface area contributed by atoms with Crippen molar-refractivity contribution in [1.29, 1.82) is 0 Å². The Morgan fingerprint density at radius 2 is 1.38 bits per heavy atom. The molecule has 0 heterocycles. The molecule has 0 radical (unpaired) electrons. The molecule has 0 aromatic rings. The van der Waals surface area contributed by atoms with Gasteiger partial charge in [0.05, 0.1) is 0 Å². The average Bonchev–Trinajstić information content (AvgIpc) is 2.55. The summed E-state index contributed by atoms with van der Waals surface area (Å²) in [5, 5.41) is 0. The summed E-state index contributed by atoms with van der Waals surface area (Å²) in [6.45, 7) is 16.9. The van der Waals surface area contributed by atoms with Gasteiger partial charge in [-0.2, -0.15) is 0 Å². The Bertz CT molecular complexity index is 347. The molecule has 2 nitrogen and oxygen atoms in total. The van der Waals surface area contributed by atoms with Crippen molar-refractivity contribution in [1.82, 2.24) is 0 Å². The zero-order valence-corrected chi connectivity index (χ0v) is 18.2. The van der Waals surface area contributed by atoms with Crippen LogP contribution in [0.5, 0.6) is 0 Å². The van der Waals surface area contributed by atoms with E-state index in [0.717, 1.165) is 12.1 Å². The first-order valence-electron chi connectivity index (χ1n) is 10.2. The van der Waals surface area contributed by atoms with Crippen LogP contribution in [0.4, 0.5) is 0 Å². The fourth-order valence-electron chi connectivity index (χ4n) is 3.59. The standard InChI is InChI=1S/C21H42O2Si/c1-8-12-14-19(10-3)16-24(7,23-21(22)18(5)6)17-20(11-4)15-13-9-2/h19-20H,5,8-17H2,1-4,6-7H3. The van der Waals surface area contributed by atoms with Crippen molar-refractivity contribution in [2.45, 2.75) is 105 Å². The molecule has 3 heteroatoms. The van der Waals surface area contributed by atoms with Crippen LogP contribution in [0.15, 0.2) is 12.2 Å². The van der Waals surface area contributed by atoms with E-state index in [1.54, 1.807) is 6.92 Å². The van der Waals surface area contributed by atoms with Crippen molar-refractivity contribution in [2.24, 2.45) is 11.8 Å². The Morgan fingerprint density at radius 1 is 0.958 bits per heavy atom. The highest BCUT2D eigenvalue weighted by atomic mass is 28.4. The molecule has 2 atom stereocenters. The lowest BCUT2D eigenvalue weighted by Gasteiger charge is -2.33. The summed E-state index contributed by atoms with van der Waals surface area (Å²) in [7, 11) is -2.05. The topological polar surface area (TPSA) is 26.3 Å². The van der Waals surface area contributed by atoms with Crippen LogP contribution >= 0.6 is 0 Å². The van der Waals surface area contributed by atoms with E-state index >= 15 is 0 Å². The lowest BCUT2D eigenvalue weighted by atomic mass is 10.0. The van der Waals surface area contributed by atoms with Crippen LogP contribution < -0.4 is 0 Å². The van der Waals surface area contributed by atoms with Crippen LogP contribution in [-0.2, 0) is 9.22 Å². The van der Waals surface area contributed by atoms with Gasteiger partial charge in [-0.15, -0.1) is 0 Å². The Kier molecular flexibility index (Phi) is 12.4. The van der Waals surface area contributed by atoms with E-state index in [2.05, 4.69) is 40.8 Å². The van der Waals surface area contributed by atoms with Crippen LogP contribution in [0.25, 0.3) is 0 Å². The molecule has 24 heavy (non-hydrogen) atoms. The van der Waals surface area contributed by atoms with Gasteiger partial charge in [0.15, 0.2) is 0 Å². The van der Waals surface area contributed by atoms with Gasteiger partial charge in [-0.3, -0.25) is 0 Å². The van der Waals surface area contributed by atoms with Gasteiger partial charge in [0.2, 0.25) is 0 Å². The second kappa shape index (κ2) is 12.7. The minimum atomic E-state index is -2.05. The number of unbranched alkanes of at least 4 members (excludes halogenated alkanes) is 2. The molecular formula is C21H42O2Si. The minimum absolute atomic E-state index is 0.167. The zero-order chi connectivity index (χ0) is 18.6. The Balaban J connectivity index is 5.09. The maximum atomic E-state index is 12.2. The quantitative estimate of drug-likeness (QED) is 0.245. The predicted molar refractivity (Wildman–Crippen MR) is 109 cm³/mol. The van der Waals surface area contributed by atoms with E-state index in [-0.39, 0.29) is 5.97 Å². The number of hydrogen-bond donors (Lipinski definition) is 0. The highest BCUT2D eigenvalue weighted by Crippen LogP contribution is 2.33. The van der Waals surface area contributed by atoms with E-state index in [0.29, 0.717) is 17.4 Å². The summed E-state index contributed by atoms with van der Waals surface area (Å²) in [5.74, 6) is 1.23. The van der Waals surface area contributed by atoms with E-state index in [1.807, 2.05) is 0 Å². The van der Waals surface area contributed by atoms with Crippen LogP contribution in [0, 0.1) is 11.8 Å². The van der Waals surface area contributed by atoms with Crippen LogP contribution in [0.3, 0.4) is 0 Å². The van der Waals surface area contributed by atoms with Gasteiger partial charge >= 0.3 is 5.97 Å². The highest BCUT2D eigenvalue weighted by Gasteiger charge is 2.37. The zero-order valence-electron chi connectivity index (χ0n) is 17.2. The van der Waals surface area contributed by atoms with Crippen molar-refractivity contribution in [3.63, 3.8) is 0 Å². The van der Waals surface area contributed by atoms with Crippen molar-refractivity contribution in [3.05, 3.63) is 12.2 Å². The SMILES string of the molecule is C=C(C)C(=O)O[Si](C)(CC(CC)CCCC)CC(CC)CCCC. The second-order valence-corrected chi connectivity index (χ2v) is 11.8. The maximum absolute atomic E-state index is 12.2. The average molecular weight is 355 g/mol. The second-order valence-electron chi connectivity index (χ2n) is 7.86. The van der Waals surface area contributed by atoms with Gasteiger partial charge < -0.3 is 4.43 Å². The molecule has 0 aliphatic heterocycles. The lowest BCUT2D eigenvalue weighted by molar-refractivity contribution is -0.131. The normalized spacial score (nSPS) is 16.2. The smallest absolute Gasteiger partial charge is 0.319 e. The monoisotopic (exact) mass is 354 g/mol. The molecule has 0 N–H and O–H groups in total. The molecule has 0 saturated carbocycles. The van der Waals surface area contributed by atoms with Crippen LogP contribution in [0.2, 0.25) is 18.6 Å². The first-order valence-corrected chi connectivity index (χ1v) is 13.0. The van der Waals surface area contributed by atoms with Gasteiger partial charge in [-0.05, 0) is 37.4 Å².